The molecule has 0 amide bonds. The average Bonchev–Trinajstić information content (AvgIpc) is 2.81. The fraction of sp³-hybridized carbons (Fsp3) is 0.391. The molecule has 7 nitrogen and oxygen atoms in total. The third-order valence-corrected chi connectivity index (χ3v) is 5.97. The van der Waals surface area contributed by atoms with Gasteiger partial charge >= 0.3 is 0 Å². The summed E-state index contributed by atoms with van der Waals surface area (Å²) in [5, 5.41) is 0.774. The van der Waals surface area contributed by atoms with E-state index in [1.807, 2.05) is 31.4 Å². The standard InChI is InChI=1S/C23H27N5O2S/c1-3-29-22-14-25-13-20(27-22)16-4-5-18(24)17(12-16)10-15-7-9-30-21(11-15)19-6-8-26-23(28-19)31-2/h4-6,8,12-15,21H,3,7,9-11,24H2,1-2H3. The number of ether oxygens (including phenoxy) is 2. The first kappa shape index (κ1) is 21.5. The number of nitrogens with two attached hydrogens (primary N) is 1. The maximum absolute atomic E-state index is 6.33. The number of thioether (sulfide) groups is 1. The van der Waals surface area contributed by atoms with Crippen molar-refractivity contribution in [3.05, 3.63) is 54.1 Å². The molecule has 0 saturated carbocycles. The van der Waals surface area contributed by atoms with Crippen molar-refractivity contribution >= 4 is 17.4 Å². The van der Waals surface area contributed by atoms with Crippen molar-refractivity contribution < 1.29 is 9.47 Å². The highest BCUT2D eigenvalue weighted by Crippen LogP contribution is 2.34. The zero-order valence-electron chi connectivity index (χ0n) is 17.8. The monoisotopic (exact) mass is 437 g/mol. The van der Waals surface area contributed by atoms with E-state index in [1.165, 1.54) is 0 Å². The zero-order valence-corrected chi connectivity index (χ0v) is 18.6. The first-order valence-electron chi connectivity index (χ1n) is 10.5. The van der Waals surface area contributed by atoms with E-state index in [-0.39, 0.29) is 6.10 Å². The number of aromatic nitrogens is 4. The van der Waals surface area contributed by atoms with Crippen LogP contribution in [0.1, 0.15) is 37.1 Å². The van der Waals surface area contributed by atoms with Crippen LogP contribution in [0.4, 0.5) is 5.69 Å². The molecule has 0 aliphatic carbocycles. The molecule has 1 aliphatic heterocycles. The molecule has 1 saturated heterocycles. The summed E-state index contributed by atoms with van der Waals surface area (Å²) >= 11 is 1.54. The van der Waals surface area contributed by atoms with Crippen molar-refractivity contribution in [3.8, 4) is 17.1 Å². The minimum Gasteiger partial charge on any atom is -0.477 e. The van der Waals surface area contributed by atoms with E-state index < -0.39 is 0 Å². The van der Waals surface area contributed by atoms with E-state index in [9.17, 15) is 0 Å². The van der Waals surface area contributed by atoms with Gasteiger partial charge in [-0.25, -0.2) is 15.0 Å². The van der Waals surface area contributed by atoms with Gasteiger partial charge in [-0.3, -0.25) is 4.98 Å². The third kappa shape index (κ3) is 5.32. The van der Waals surface area contributed by atoms with E-state index in [0.29, 0.717) is 18.4 Å². The van der Waals surface area contributed by atoms with Crippen molar-refractivity contribution in [2.45, 2.75) is 37.4 Å². The SMILES string of the molecule is CCOc1cncc(-c2ccc(N)c(CC3CCOC(c4ccnc(SC)n4)C3)c2)n1. The Bertz CT molecular complexity index is 1030. The van der Waals surface area contributed by atoms with Gasteiger partial charge in [0.15, 0.2) is 5.16 Å². The van der Waals surface area contributed by atoms with Gasteiger partial charge in [-0.15, -0.1) is 0 Å². The number of nitrogens with zero attached hydrogens (tertiary/aromatic N) is 4. The smallest absolute Gasteiger partial charge is 0.232 e. The molecule has 2 unspecified atom stereocenters. The minimum absolute atomic E-state index is 0.00852. The number of nitrogen functional groups attached to an aromatic ring is 1. The Kier molecular flexibility index (Phi) is 6.99. The summed E-state index contributed by atoms with van der Waals surface area (Å²) in [6.45, 7) is 3.20. The van der Waals surface area contributed by atoms with Crippen molar-refractivity contribution in [2.75, 3.05) is 25.2 Å². The van der Waals surface area contributed by atoms with Crippen LogP contribution in [-0.2, 0) is 11.2 Å². The van der Waals surface area contributed by atoms with Gasteiger partial charge in [0, 0.05) is 24.1 Å². The average molecular weight is 438 g/mol. The van der Waals surface area contributed by atoms with Crippen LogP contribution in [-0.4, -0.2) is 39.4 Å². The van der Waals surface area contributed by atoms with Crippen LogP contribution in [0.25, 0.3) is 11.3 Å². The largest absolute Gasteiger partial charge is 0.477 e. The van der Waals surface area contributed by atoms with Gasteiger partial charge in [0.1, 0.15) is 0 Å². The Labute approximate surface area is 186 Å². The quantitative estimate of drug-likeness (QED) is 0.331. The molecule has 2 N–H and O–H groups in total. The lowest BCUT2D eigenvalue weighted by molar-refractivity contribution is -0.0129. The van der Waals surface area contributed by atoms with Crippen LogP contribution in [0.2, 0.25) is 0 Å². The molecule has 3 heterocycles. The van der Waals surface area contributed by atoms with Gasteiger partial charge in [-0.1, -0.05) is 17.8 Å². The van der Waals surface area contributed by atoms with Gasteiger partial charge in [-0.2, -0.15) is 0 Å². The van der Waals surface area contributed by atoms with E-state index in [1.54, 1.807) is 30.4 Å². The Morgan fingerprint density at radius 2 is 2.13 bits per heavy atom. The molecule has 1 aromatic carbocycles. The predicted octanol–water partition coefficient (Wildman–Crippen LogP) is 4.35. The molecule has 2 aromatic heterocycles. The maximum atomic E-state index is 6.33. The third-order valence-electron chi connectivity index (χ3n) is 5.41. The molecule has 8 heteroatoms. The molecular formula is C23H27N5O2S. The van der Waals surface area contributed by atoms with Crippen LogP contribution < -0.4 is 10.5 Å². The highest BCUT2D eigenvalue weighted by molar-refractivity contribution is 7.98. The Hall–Kier alpha value is -2.71. The molecule has 1 aliphatic rings. The number of rotatable bonds is 7. The van der Waals surface area contributed by atoms with Crippen LogP contribution in [0, 0.1) is 5.92 Å². The van der Waals surface area contributed by atoms with E-state index in [2.05, 4.69) is 26.0 Å². The van der Waals surface area contributed by atoms with Crippen molar-refractivity contribution in [1.82, 2.24) is 19.9 Å². The lowest BCUT2D eigenvalue weighted by Gasteiger charge is -2.29. The summed E-state index contributed by atoms with van der Waals surface area (Å²) in [5.41, 5.74) is 11.0. The van der Waals surface area contributed by atoms with Crippen molar-refractivity contribution in [2.24, 2.45) is 5.92 Å². The summed E-state index contributed by atoms with van der Waals surface area (Å²) in [7, 11) is 0. The van der Waals surface area contributed by atoms with E-state index in [4.69, 9.17) is 15.2 Å². The lowest BCUT2D eigenvalue weighted by atomic mass is 9.87. The second-order valence-electron chi connectivity index (χ2n) is 7.51. The highest BCUT2D eigenvalue weighted by atomic mass is 32.2. The fourth-order valence-corrected chi connectivity index (χ4v) is 4.21. The normalized spacial score (nSPS) is 18.6. The number of benzene rings is 1. The Morgan fingerprint density at radius 1 is 1.23 bits per heavy atom. The second kappa shape index (κ2) is 10.1. The first-order chi connectivity index (χ1) is 15.2. The molecule has 1 fully saturated rings. The highest BCUT2D eigenvalue weighted by Gasteiger charge is 2.26. The summed E-state index contributed by atoms with van der Waals surface area (Å²) < 4.78 is 11.5. The molecule has 2 atom stereocenters. The molecule has 0 radical (unpaired) electrons. The summed E-state index contributed by atoms with van der Waals surface area (Å²) in [5.74, 6) is 0.991. The summed E-state index contributed by atoms with van der Waals surface area (Å²) in [6.07, 6.45) is 9.95. The van der Waals surface area contributed by atoms with E-state index in [0.717, 1.165) is 59.2 Å². The minimum atomic E-state index is -0.00852. The molecule has 3 aromatic rings. The van der Waals surface area contributed by atoms with Crippen molar-refractivity contribution in [3.63, 3.8) is 0 Å². The van der Waals surface area contributed by atoms with Gasteiger partial charge < -0.3 is 15.2 Å². The van der Waals surface area contributed by atoms with Gasteiger partial charge in [0.25, 0.3) is 0 Å². The van der Waals surface area contributed by atoms with Crippen LogP contribution >= 0.6 is 11.8 Å². The summed E-state index contributed by atoms with van der Waals surface area (Å²) in [6, 6.07) is 8.00. The van der Waals surface area contributed by atoms with E-state index >= 15 is 0 Å². The number of anilines is 1. The predicted molar refractivity (Wildman–Crippen MR) is 122 cm³/mol. The molecule has 0 bridgehead atoms. The van der Waals surface area contributed by atoms with Crippen molar-refractivity contribution in [1.29, 1.82) is 0 Å². The van der Waals surface area contributed by atoms with Crippen LogP contribution in [0.5, 0.6) is 5.88 Å². The summed E-state index contributed by atoms with van der Waals surface area (Å²) in [4.78, 5) is 17.7. The topological polar surface area (TPSA) is 96.0 Å². The molecule has 0 spiro atoms. The van der Waals surface area contributed by atoms with Gasteiger partial charge in [0.2, 0.25) is 5.88 Å². The maximum Gasteiger partial charge on any atom is 0.232 e. The molecular weight excluding hydrogens is 410 g/mol. The van der Waals surface area contributed by atoms with Crippen LogP contribution in [0.3, 0.4) is 0 Å². The Balaban J connectivity index is 1.51. The molecule has 162 valence electrons. The van der Waals surface area contributed by atoms with Gasteiger partial charge in [-0.05, 0) is 62.1 Å². The first-order valence-corrected chi connectivity index (χ1v) is 11.7. The zero-order chi connectivity index (χ0) is 21.6. The molecule has 4 rings (SSSR count). The van der Waals surface area contributed by atoms with Gasteiger partial charge in [0.05, 0.1) is 36.5 Å². The number of hydrogen-bond acceptors (Lipinski definition) is 8. The molecule has 31 heavy (non-hydrogen) atoms. The lowest BCUT2D eigenvalue weighted by Crippen LogP contribution is -2.22. The number of hydrogen-bond donors (Lipinski definition) is 1. The fourth-order valence-electron chi connectivity index (χ4n) is 3.85. The second-order valence-corrected chi connectivity index (χ2v) is 8.28. The Morgan fingerprint density at radius 3 is 2.97 bits per heavy atom. The van der Waals surface area contributed by atoms with Crippen LogP contribution in [0.15, 0.2) is 48.0 Å².